The second-order valence-corrected chi connectivity index (χ2v) is 15.2. The van der Waals surface area contributed by atoms with Crippen LogP contribution < -0.4 is 14.4 Å². The van der Waals surface area contributed by atoms with Gasteiger partial charge in [0.05, 0.1) is 17.0 Å². The lowest BCUT2D eigenvalue weighted by Gasteiger charge is -2.43. The zero-order chi connectivity index (χ0) is 30.1. The van der Waals surface area contributed by atoms with Gasteiger partial charge in [0.15, 0.2) is 0 Å². The Labute approximate surface area is 261 Å². The van der Waals surface area contributed by atoms with Gasteiger partial charge < -0.3 is 14.4 Å². The minimum Gasteiger partial charge on any atom is -0.487 e. The molecule has 2 fully saturated rings. The van der Waals surface area contributed by atoms with Crippen molar-refractivity contribution in [3.63, 3.8) is 0 Å². The zero-order valence-electron chi connectivity index (χ0n) is 25.1. The average molecular weight is 627 g/mol. The Morgan fingerprint density at radius 1 is 1.02 bits per heavy atom. The van der Waals surface area contributed by atoms with Gasteiger partial charge >= 0.3 is 0 Å². The van der Waals surface area contributed by atoms with Crippen LogP contribution in [0.1, 0.15) is 73.4 Å². The van der Waals surface area contributed by atoms with Gasteiger partial charge in [0.2, 0.25) is 10.0 Å². The number of methoxy groups -OCH3 is 1. The molecule has 232 valence electrons. The molecule has 9 heteroatoms. The summed E-state index contributed by atoms with van der Waals surface area (Å²) >= 11 is 6.33. The molecule has 2 aromatic rings. The van der Waals surface area contributed by atoms with Gasteiger partial charge in [-0.1, -0.05) is 36.7 Å². The standard InChI is InChI=1S/C34H43ClN2O5S/c1-22-6-5-8-31(41-2)29-15-12-26(29)20-37-17-4-3-7-24-18-28(35)14-11-27(24)21-42-32-16-13-25(19-30(32)37)34(38)36-43(39,40)33(22)23-9-10-23/h5,8,11,13-14,16,18-19,22-23,26,29,31,33H,3-4,6-7,9-10,12,15,17,20-21H2,1-2H3,(H,36,38)/b8-5+/t22-,26+,29-,31+,33-/m1/s1. The number of ether oxygens (including phenoxy) is 2. The number of nitrogens with one attached hydrogen (secondary N) is 1. The summed E-state index contributed by atoms with van der Waals surface area (Å²) in [6.45, 7) is 3.98. The van der Waals surface area contributed by atoms with Crippen LogP contribution in [-0.4, -0.2) is 45.9 Å². The van der Waals surface area contributed by atoms with Crippen LogP contribution in [0.2, 0.25) is 5.02 Å². The molecule has 2 saturated carbocycles. The Morgan fingerprint density at radius 3 is 2.58 bits per heavy atom. The molecule has 6 rings (SSSR count). The number of hydrogen-bond acceptors (Lipinski definition) is 6. The van der Waals surface area contributed by atoms with Crippen molar-refractivity contribution in [3.8, 4) is 5.75 Å². The minimum atomic E-state index is -3.88. The van der Waals surface area contributed by atoms with Gasteiger partial charge in [0, 0.05) is 30.8 Å². The number of carbonyl (C=O) groups excluding carboxylic acids is 1. The number of halogens is 1. The molecule has 43 heavy (non-hydrogen) atoms. The van der Waals surface area contributed by atoms with E-state index in [4.69, 9.17) is 21.1 Å². The maximum atomic E-state index is 13.7. The third-order valence-corrected chi connectivity index (χ3v) is 12.2. The molecule has 2 heterocycles. The Kier molecular flexibility index (Phi) is 9.09. The molecule has 2 bridgehead atoms. The fraction of sp³-hybridized carbons (Fsp3) is 0.559. The van der Waals surface area contributed by atoms with Crippen LogP contribution in [0.15, 0.2) is 48.6 Å². The number of amides is 1. The number of allylic oxidation sites excluding steroid dienone is 1. The Morgan fingerprint density at radius 2 is 1.84 bits per heavy atom. The lowest BCUT2D eigenvalue weighted by Crippen LogP contribution is -2.44. The highest BCUT2D eigenvalue weighted by molar-refractivity contribution is 7.90. The summed E-state index contributed by atoms with van der Waals surface area (Å²) in [6, 6.07) is 11.3. The van der Waals surface area contributed by atoms with Gasteiger partial charge in [0.1, 0.15) is 12.4 Å². The first-order valence-corrected chi connectivity index (χ1v) is 17.7. The number of rotatable bonds is 2. The molecule has 1 N–H and O–H groups in total. The quantitative estimate of drug-likeness (QED) is 0.381. The molecule has 7 nitrogen and oxygen atoms in total. The minimum absolute atomic E-state index is 0.0141. The molecule has 2 aliphatic heterocycles. The highest BCUT2D eigenvalue weighted by Crippen LogP contribution is 2.43. The van der Waals surface area contributed by atoms with E-state index in [-0.39, 0.29) is 17.9 Å². The molecule has 0 aromatic heterocycles. The number of aryl methyl sites for hydroxylation is 1. The topological polar surface area (TPSA) is 84.9 Å². The van der Waals surface area contributed by atoms with E-state index in [1.54, 1.807) is 13.2 Å². The fourth-order valence-electron chi connectivity index (χ4n) is 7.28. The summed E-state index contributed by atoms with van der Waals surface area (Å²) in [7, 11) is -2.11. The lowest BCUT2D eigenvalue weighted by atomic mass is 9.70. The molecule has 1 amide bonds. The maximum Gasteiger partial charge on any atom is 0.264 e. The smallest absolute Gasteiger partial charge is 0.264 e. The summed E-state index contributed by atoms with van der Waals surface area (Å²) < 4.78 is 42.2. The average Bonchev–Trinajstić information content (AvgIpc) is 3.79. The van der Waals surface area contributed by atoms with Gasteiger partial charge in [-0.05, 0) is 116 Å². The number of fused-ring (bicyclic) bond motifs is 3. The predicted molar refractivity (Wildman–Crippen MR) is 170 cm³/mol. The highest BCUT2D eigenvalue weighted by atomic mass is 35.5. The summed E-state index contributed by atoms with van der Waals surface area (Å²) in [5.41, 5.74) is 3.45. The van der Waals surface area contributed by atoms with E-state index in [0.29, 0.717) is 36.2 Å². The Bertz CT molecular complexity index is 1470. The molecule has 0 spiro atoms. The largest absolute Gasteiger partial charge is 0.487 e. The molecule has 4 aliphatic rings. The van der Waals surface area contributed by atoms with Crippen molar-refractivity contribution in [1.29, 1.82) is 0 Å². The van der Waals surface area contributed by atoms with Crippen LogP contribution in [0.4, 0.5) is 5.69 Å². The summed E-state index contributed by atoms with van der Waals surface area (Å²) in [6.07, 6.45) is 11.7. The first-order valence-electron chi connectivity index (χ1n) is 15.8. The number of nitrogens with zero attached hydrogens (tertiary/aromatic N) is 1. The molecule has 2 aliphatic carbocycles. The molecule has 0 saturated heterocycles. The monoisotopic (exact) mass is 626 g/mol. The van der Waals surface area contributed by atoms with Crippen molar-refractivity contribution < 1.29 is 22.7 Å². The van der Waals surface area contributed by atoms with Crippen molar-refractivity contribution in [2.75, 3.05) is 25.1 Å². The Hall–Kier alpha value is -2.55. The first kappa shape index (κ1) is 30.5. The van der Waals surface area contributed by atoms with Crippen molar-refractivity contribution >= 4 is 33.2 Å². The van der Waals surface area contributed by atoms with Crippen LogP contribution >= 0.6 is 11.6 Å². The Balaban J connectivity index is 1.39. The first-order chi connectivity index (χ1) is 20.7. The van der Waals surface area contributed by atoms with Gasteiger partial charge in [-0.2, -0.15) is 0 Å². The summed E-state index contributed by atoms with van der Waals surface area (Å²) in [5, 5.41) is 0.113. The number of sulfonamides is 1. The lowest BCUT2D eigenvalue weighted by molar-refractivity contribution is 0.0134. The number of hydrogen-bond donors (Lipinski definition) is 1. The number of anilines is 1. The second-order valence-electron chi connectivity index (χ2n) is 12.9. The predicted octanol–water partition coefficient (Wildman–Crippen LogP) is 6.54. The third-order valence-electron chi connectivity index (χ3n) is 9.94. The fourth-order valence-corrected chi connectivity index (χ4v) is 9.49. The van der Waals surface area contributed by atoms with Crippen molar-refractivity contribution in [2.24, 2.45) is 23.7 Å². The van der Waals surface area contributed by atoms with E-state index in [1.165, 1.54) is 5.56 Å². The highest BCUT2D eigenvalue weighted by Gasteiger charge is 2.44. The molecular formula is C34H43ClN2O5S. The van der Waals surface area contributed by atoms with Crippen LogP contribution in [0.25, 0.3) is 0 Å². The van der Waals surface area contributed by atoms with Gasteiger partial charge in [-0.25, -0.2) is 13.1 Å². The van der Waals surface area contributed by atoms with E-state index in [9.17, 15) is 13.2 Å². The van der Waals surface area contributed by atoms with Crippen LogP contribution in [0.3, 0.4) is 0 Å². The number of carbonyl (C=O) groups is 1. The van der Waals surface area contributed by atoms with Crippen LogP contribution in [-0.2, 0) is 27.8 Å². The summed E-state index contributed by atoms with van der Waals surface area (Å²) in [4.78, 5) is 15.9. The van der Waals surface area contributed by atoms with E-state index in [2.05, 4.69) is 21.8 Å². The molecular weight excluding hydrogens is 584 g/mol. The van der Waals surface area contributed by atoms with E-state index >= 15 is 0 Å². The second kappa shape index (κ2) is 12.8. The normalized spacial score (nSPS) is 30.3. The van der Waals surface area contributed by atoms with E-state index in [1.807, 2.05) is 37.3 Å². The van der Waals surface area contributed by atoms with Gasteiger partial charge in [-0.15, -0.1) is 0 Å². The van der Waals surface area contributed by atoms with Crippen LogP contribution in [0, 0.1) is 23.7 Å². The van der Waals surface area contributed by atoms with Crippen molar-refractivity contribution in [3.05, 3.63) is 70.3 Å². The van der Waals surface area contributed by atoms with Crippen LogP contribution in [0.5, 0.6) is 5.75 Å². The molecule has 5 atom stereocenters. The molecule has 2 aromatic carbocycles. The summed E-state index contributed by atoms with van der Waals surface area (Å²) in [5.74, 6) is 0.880. The van der Waals surface area contributed by atoms with E-state index < -0.39 is 21.2 Å². The van der Waals surface area contributed by atoms with Gasteiger partial charge in [0.25, 0.3) is 5.91 Å². The molecule has 0 unspecified atom stereocenters. The molecule has 0 radical (unpaired) electrons. The van der Waals surface area contributed by atoms with Crippen molar-refractivity contribution in [1.82, 2.24) is 4.72 Å². The van der Waals surface area contributed by atoms with Crippen molar-refractivity contribution in [2.45, 2.75) is 76.3 Å². The maximum absolute atomic E-state index is 13.7. The number of benzene rings is 2. The zero-order valence-corrected chi connectivity index (χ0v) is 26.7. The third kappa shape index (κ3) is 6.76. The SMILES string of the molecule is CO[C@H]1/C=C/C[C@@H](C)[C@H](C2CC2)S(=O)(=O)NC(=O)c2ccc3c(c2)N(CCCCc2cc(Cl)ccc2CO3)C[C@@H]2CC[C@H]21. The van der Waals surface area contributed by atoms with E-state index in [0.717, 1.165) is 74.3 Å². The van der Waals surface area contributed by atoms with Gasteiger partial charge in [-0.3, -0.25) is 4.79 Å².